The van der Waals surface area contributed by atoms with E-state index in [1.165, 1.54) is 23.1 Å². The Bertz CT molecular complexity index is 1130. The Kier molecular flexibility index (Phi) is 7.09. The van der Waals surface area contributed by atoms with E-state index in [1.54, 1.807) is 24.4 Å². The molecule has 9 heteroatoms. The highest BCUT2D eigenvalue weighted by Gasteiger charge is 2.20. The first kappa shape index (κ1) is 22.3. The third-order valence-corrected chi connectivity index (χ3v) is 6.83. The molecule has 0 saturated carbocycles. The first-order valence-corrected chi connectivity index (χ1v) is 11.9. The minimum Gasteiger partial charge on any atom is -0.470 e. The minimum absolute atomic E-state index is 0.174. The van der Waals surface area contributed by atoms with E-state index in [0.29, 0.717) is 35.2 Å². The van der Waals surface area contributed by atoms with Gasteiger partial charge >= 0.3 is 0 Å². The summed E-state index contributed by atoms with van der Waals surface area (Å²) in [5.74, 6) is -0.386. The number of nitrogens with one attached hydrogen (secondary N) is 2. The molecule has 0 spiro atoms. The number of hydrogen-bond donors (Lipinski definition) is 2. The number of fused-ring (bicyclic) bond motifs is 2. The van der Waals surface area contributed by atoms with Gasteiger partial charge in [-0.15, -0.1) is 0 Å². The second-order valence-electron chi connectivity index (χ2n) is 7.54. The lowest BCUT2D eigenvalue weighted by molar-refractivity contribution is 0.0949. The van der Waals surface area contributed by atoms with Crippen molar-refractivity contribution < 1.29 is 14.3 Å². The van der Waals surface area contributed by atoms with E-state index in [4.69, 9.17) is 4.74 Å². The van der Waals surface area contributed by atoms with Gasteiger partial charge in [0.25, 0.3) is 17.0 Å². The largest absolute Gasteiger partial charge is 0.470 e. The SMILES string of the molecule is CN(C)CCCOc1ncc(CNC(=O)c2ccc3c(c2)NC(=O)c2ccccc2S3)s1. The van der Waals surface area contributed by atoms with E-state index >= 15 is 0 Å². The third kappa shape index (κ3) is 5.48. The van der Waals surface area contributed by atoms with Gasteiger partial charge < -0.3 is 20.3 Å². The zero-order chi connectivity index (χ0) is 22.5. The number of benzene rings is 2. The molecule has 1 aromatic heterocycles. The number of rotatable bonds is 8. The molecule has 3 aromatic rings. The number of aromatic nitrogens is 1. The number of carbonyl (C=O) groups excluding carboxylic acids is 2. The molecule has 1 aliphatic rings. The van der Waals surface area contributed by atoms with Crippen molar-refractivity contribution in [3.05, 3.63) is 64.7 Å². The monoisotopic (exact) mass is 468 g/mol. The van der Waals surface area contributed by atoms with Crippen LogP contribution in [0.4, 0.5) is 5.69 Å². The molecule has 0 fully saturated rings. The van der Waals surface area contributed by atoms with Crippen LogP contribution in [0.15, 0.2) is 58.5 Å². The van der Waals surface area contributed by atoms with Gasteiger partial charge in [0.05, 0.1) is 24.4 Å². The average molecular weight is 469 g/mol. The van der Waals surface area contributed by atoms with Crippen molar-refractivity contribution in [3.63, 3.8) is 0 Å². The van der Waals surface area contributed by atoms with Crippen LogP contribution in [0.5, 0.6) is 5.19 Å². The Morgan fingerprint density at radius 2 is 2.03 bits per heavy atom. The summed E-state index contributed by atoms with van der Waals surface area (Å²) in [7, 11) is 4.06. The van der Waals surface area contributed by atoms with Crippen LogP contribution in [0.1, 0.15) is 32.0 Å². The third-order valence-electron chi connectivity index (χ3n) is 4.77. The highest BCUT2D eigenvalue weighted by Crippen LogP contribution is 2.39. The minimum atomic E-state index is -0.212. The Labute approximate surface area is 195 Å². The van der Waals surface area contributed by atoms with Crippen LogP contribution in [-0.4, -0.2) is 48.9 Å². The highest BCUT2D eigenvalue weighted by molar-refractivity contribution is 7.99. The number of anilines is 1. The maximum Gasteiger partial charge on any atom is 0.273 e. The quantitative estimate of drug-likeness (QED) is 0.484. The van der Waals surface area contributed by atoms with Crippen molar-refractivity contribution in [2.24, 2.45) is 0 Å². The molecule has 4 rings (SSSR count). The van der Waals surface area contributed by atoms with Crippen molar-refractivity contribution in [2.45, 2.75) is 22.8 Å². The van der Waals surface area contributed by atoms with Crippen LogP contribution in [0.3, 0.4) is 0 Å². The van der Waals surface area contributed by atoms with Gasteiger partial charge in [0.1, 0.15) is 0 Å². The molecule has 0 unspecified atom stereocenters. The molecule has 0 saturated heterocycles. The second kappa shape index (κ2) is 10.2. The van der Waals surface area contributed by atoms with Crippen molar-refractivity contribution in [2.75, 3.05) is 32.6 Å². The molecule has 0 atom stereocenters. The summed E-state index contributed by atoms with van der Waals surface area (Å²) in [5.41, 5.74) is 1.75. The van der Waals surface area contributed by atoms with Gasteiger partial charge in [-0.1, -0.05) is 35.2 Å². The van der Waals surface area contributed by atoms with Crippen molar-refractivity contribution in [3.8, 4) is 5.19 Å². The molecule has 2 N–H and O–H groups in total. The summed E-state index contributed by atoms with van der Waals surface area (Å²) in [5, 5.41) is 6.43. The fourth-order valence-corrected chi connectivity index (χ4v) is 4.89. The summed E-state index contributed by atoms with van der Waals surface area (Å²) in [6, 6.07) is 12.8. The standard InChI is InChI=1S/C23H24N4O3S2/c1-27(2)10-5-11-30-23-25-14-16(31-23)13-24-21(28)15-8-9-20-18(12-15)26-22(29)17-6-3-4-7-19(17)32-20/h3-4,6-9,12,14H,5,10-11,13H2,1-2H3,(H,24,28)(H,26,29). The van der Waals surface area contributed by atoms with Crippen LogP contribution in [0.2, 0.25) is 0 Å². The number of amides is 2. The van der Waals surface area contributed by atoms with Gasteiger partial charge in [0, 0.05) is 33.0 Å². The molecule has 0 bridgehead atoms. The topological polar surface area (TPSA) is 83.6 Å². The fraction of sp³-hybridized carbons (Fsp3) is 0.261. The van der Waals surface area contributed by atoms with Gasteiger partial charge in [-0.25, -0.2) is 4.98 Å². The van der Waals surface area contributed by atoms with E-state index in [0.717, 1.165) is 27.6 Å². The maximum atomic E-state index is 12.7. The summed E-state index contributed by atoms with van der Waals surface area (Å²) >= 11 is 2.94. The zero-order valence-electron chi connectivity index (χ0n) is 17.9. The van der Waals surface area contributed by atoms with Gasteiger partial charge in [0.15, 0.2) is 0 Å². The number of carbonyl (C=O) groups is 2. The van der Waals surface area contributed by atoms with Crippen LogP contribution < -0.4 is 15.4 Å². The van der Waals surface area contributed by atoms with Gasteiger partial charge in [-0.2, -0.15) is 0 Å². The van der Waals surface area contributed by atoms with E-state index in [2.05, 4.69) is 20.5 Å². The number of ether oxygens (including phenoxy) is 1. The van der Waals surface area contributed by atoms with Crippen molar-refractivity contribution in [1.82, 2.24) is 15.2 Å². The van der Waals surface area contributed by atoms with E-state index in [1.807, 2.05) is 38.4 Å². The van der Waals surface area contributed by atoms with Crippen molar-refractivity contribution >= 4 is 40.6 Å². The molecular formula is C23H24N4O3S2. The highest BCUT2D eigenvalue weighted by atomic mass is 32.2. The predicted molar refractivity (Wildman–Crippen MR) is 127 cm³/mol. The molecule has 2 aromatic carbocycles. The molecule has 32 heavy (non-hydrogen) atoms. The average Bonchev–Trinajstić information content (AvgIpc) is 3.18. The molecule has 166 valence electrons. The van der Waals surface area contributed by atoms with Crippen molar-refractivity contribution in [1.29, 1.82) is 0 Å². The predicted octanol–water partition coefficient (Wildman–Crippen LogP) is 4.12. The van der Waals surface area contributed by atoms with Crippen LogP contribution in [0, 0.1) is 0 Å². The molecule has 1 aliphatic heterocycles. The summed E-state index contributed by atoms with van der Waals surface area (Å²) < 4.78 is 5.66. The van der Waals surface area contributed by atoms with Crippen LogP contribution in [-0.2, 0) is 6.54 Å². The molecule has 2 heterocycles. The lowest BCUT2D eigenvalue weighted by Crippen LogP contribution is -2.22. The second-order valence-corrected chi connectivity index (χ2v) is 9.71. The van der Waals surface area contributed by atoms with E-state index in [-0.39, 0.29) is 11.8 Å². The first-order valence-electron chi connectivity index (χ1n) is 10.2. The maximum absolute atomic E-state index is 12.7. The normalized spacial score (nSPS) is 12.5. The Hall–Kier alpha value is -2.88. The van der Waals surface area contributed by atoms with E-state index < -0.39 is 0 Å². The van der Waals surface area contributed by atoms with Crippen LogP contribution >= 0.6 is 23.1 Å². The smallest absolute Gasteiger partial charge is 0.273 e. The lowest BCUT2D eigenvalue weighted by Gasteiger charge is -2.09. The van der Waals surface area contributed by atoms with Gasteiger partial charge in [-0.05, 0) is 50.8 Å². The molecular weight excluding hydrogens is 444 g/mol. The summed E-state index contributed by atoms with van der Waals surface area (Å²) in [6.07, 6.45) is 2.65. The molecule has 7 nitrogen and oxygen atoms in total. The Morgan fingerprint density at radius 3 is 2.88 bits per heavy atom. The summed E-state index contributed by atoms with van der Waals surface area (Å²) in [4.78, 5) is 34.3. The molecule has 2 amide bonds. The summed E-state index contributed by atoms with van der Waals surface area (Å²) in [6.45, 7) is 1.93. The molecule has 0 radical (unpaired) electrons. The number of nitrogens with zero attached hydrogens (tertiary/aromatic N) is 2. The lowest BCUT2D eigenvalue weighted by atomic mass is 10.1. The zero-order valence-corrected chi connectivity index (χ0v) is 19.5. The Balaban J connectivity index is 1.35. The molecule has 0 aliphatic carbocycles. The van der Waals surface area contributed by atoms with E-state index in [9.17, 15) is 9.59 Å². The van der Waals surface area contributed by atoms with Gasteiger partial charge in [0.2, 0.25) is 0 Å². The van der Waals surface area contributed by atoms with Crippen LogP contribution in [0.25, 0.3) is 0 Å². The number of thiazole rings is 1. The number of hydrogen-bond acceptors (Lipinski definition) is 7. The van der Waals surface area contributed by atoms with Gasteiger partial charge in [-0.3, -0.25) is 9.59 Å². The Morgan fingerprint density at radius 1 is 1.19 bits per heavy atom. The fourth-order valence-electron chi connectivity index (χ4n) is 3.16. The first-order chi connectivity index (χ1) is 15.5.